The van der Waals surface area contributed by atoms with Crippen LogP contribution in [0.1, 0.15) is 58.4 Å². The number of aliphatic imine (C=N–C) groups is 1. The predicted molar refractivity (Wildman–Crippen MR) is 152 cm³/mol. The van der Waals surface area contributed by atoms with Crippen LogP contribution in [0.2, 0.25) is 15.1 Å². The Morgan fingerprint density at radius 1 is 1.03 bits per heavy atom. The van der Waals surface area contributed by atoms with Gasteiger partial charge in [0.05, 0.1) is 6.04 Å². The molecule has 1 saturated carbocycles. The summed E-state index contributed by atoms with van der Waals surface area (Å²) in [5.74, 6) is 0.948. The number of nitrogens with one attached hydrogen (secondary N) is 1. The Balaban J connectivity index is 1.75. The van der Waals surface area contributed by atoms with Gasteiger partial charge >= 0.3 is 0 Å². The van der Waals surface area contributed by atoms with Gasteiger partial charge in [-0.15, -0.1) is 0 Å². The highest BCUT2D eigenvalue weighted by molar-refractivity contribution is 7.80. The number of thiocarbonyl (C=S) groups is 1. The number of rotatable bonds is 4. The molecule has 1 aliphatic heterocycles. The fourth-order valence-corrected chi connectivity index (χ4v) is 5.83. The van der Waals surface area contributed by atoms with Gasteiger partial charge in [0.2, 0.25) is 0 Å². The third-order valence-electron chi connectivity index (χ3n) is 6.62. The van der Waals surface area contributed by atoms with E-state index in [1.807, 2.05) is 36.4 Å². The smallest absolute Gasteiger partial charge is 0.179 e. The molecular weight excluding hydrogens is 505 g/mol. The lowest BCUT2D eigenvalue weighted by Crippen LogP contribution is -2.51. The van der Waals surface area contributed by atoms with Gasteiger partial charge in [0.15, 0.2) is 5.11 Å². The molecule has 2 fully saturated rings. The lowest BCUT2D eigenvalue weighted by atomic mass is 9.79. The molecule has 0 amide bonds. The van der Waals surface area contributed by atoms with Gasteiger partial charge in [-0.2, -0.15) is 0 Å². The molecule has 0 bridgehead atoms. The molecule has 2 aliphatic rings. The molecule has 180 valence electrons. The summed E-state index contributed by atoms with van der Waals surface area (Å²) in [5.41, 5.74) is 1.54. The topological polar surface area (TPSA) is 27.6 Å². The molecular formula is C27H30Cl3N3S. The van der Waals surface area contributed by atoms with Crippen molar-refractivity contribution < 1.29 is 0 Å². The van der Waals surface area contributed by atoms with Crippen LogP contribution in [0.25, 0.3) is 6.08 Å². The molecule has 3 nitrogen and oxygen atoms in total. The number of benzene rings is 2. The molecule has 2 aromatic carbocycles. The van der Waals surface area contributed by atoms with Crippen molar-refractivity contribution in [1.82, 2.24) is 5.32 Å². The molecule has 1 aliphatic carbocycles. The van der Waals surface area contributed by atoms with Crippen molar-refractivity contribution in [2.24, 2.45) is 10.4 Å². The Kier molecular flexibility index (Phi) is 7.64. The molecule has 34 heavy (non-hydrogen) atoms. The summed E-state index contributed by atoms with van der Waals surface area (Å²) in [6, 6.07) is 13.4. The van der Waals surface area contributed by atoms with Crippen LogP contribution in [0.15, 0.2) is 53.5 Å². The third kappa shape index (κ3) is 5.31. The van der Waals surface area contributed by atoms with Crippen LogP contribution in [0, 0.1) is 5.41 Å². The van der Waals surface area contributed by atoms with E-state index in [1.165, 1.54) is 6.42 Å². The lowest BCUT2D eigenvalue weighted by Gasteiger charge is -2.41. The van der Waals surface area contributed by atoms with Gasteiger partial charge in [-0.25, -0.2) is 0 Å². The maximum atomic E-state index is 6.41. The van der Waals surface area contributed by atoms with Crippen molar-refractivity contribution in [1.29, 1.82) is 0 Å². The summed E-state index contributed by atoms with van der Waals surface area (Å²) >= 11 is 24.7. The first-order chi connectivity index (χ1) is 16.1. The maximum Gasteiger partial charge on any atom is 0.179 e. The van der Waals surface area contributed by atoms with E-state index in [4.69, 9.17) is 52.0 Å². The minimum absolute atomic E-state index is 0.0809. The summed E-state index contributed by atoms with van der Waals surface area (Å²) in [6.07, 6.45) is 9.65. The zero-order valence-electron chi connectivity index (χ0n) is 19.7. The van der Waals surface area contributed by atoms with Crippen LogP contribution in [0.3, 0.4) is 0 Å². The zero-order chi connectivity index (χ0) is 24.5. The minimum Gasteiger partial charge on any atom is -0.319 e. The molecule has 1 N–H and O–H groups in total. The number of halogens is 3. The molecule has 1 unspecified atom stereocenters. The number of amidine groups is 1. The summed E-state index contributed by atoms with van der Waals surface area (Å²) in [4.78, 5) is 7.56. The molecule has 0 radical (unpaired) electrons. The molecule has 4 rings (SSSR count). The van der Waals surface area contributed by atoms with E-state index < -0.39 is 0 Å². The van der Waals surface area contributed by atoms with Gasteiger partial charge in [0.1, 0.15) is 11.4 Å². The van der Waals surface area contributed by atoms with Crippen LogP contribution in [-0.4, -0.2) is 22.5 Å². The second kappa shape index (κ2) is 10.2. The molecule has 1 atom stereocenters. The summed E-state index contributed by atoms with van der Waals surface area (Å²) in [6.45, 7) is 6.60. The largest absolute Gasteiger partial charge is 0.319 e. The average molecular weight is 535 g/mol. The molecule has 0 aromatic heterocycles. The first kappa shape index (κ1) is 25.5. The van der Waals surface area contributed by atoms with E-state index in [0.717, 1.165) is 42.8 Å². The Labute approximate surface area is 223 Å². The minimum atomic E-state index is -0.282. The molecule has 7 heteroatoms. The zero-order valence-corrected chi connectivity index (χ0v) is 22.8. The fourth-order valence-electron chi connectivity index (χ4n) is 4.80. The molecule has 1 spiro atoms. The average Bonchev–Trinajstić information content (AvgIpc) is 3.02. The van der Waals surface area contributed by atoms with Crippen LogP contribution >= 0.6 is 47.0 Å². The van der Waals surface area contributed by atoms with Crippen molar-refractivity contribution in [2.75, 3.05) is 4.90 Å². The standard InChI is InChI=1S/C27H30Cl3N3S/c1-26(2,3)23(13-11-18-10-12-20(29)17-22(18)30)31-24-27(14-5-4-6-15-27)33(25(34)32-24)21-9-7-8-19(28)16-21/h7-13,16-17,23H,4-6,14-15H2,1-3H3,(H,31,32,34). The highest BCUT2D eigenvalue weighted by Gasteiger charge is 2.50. The Morgan fingerprint density at radius 3 is 2.38 bits per heavy atom. The van der Waals surface area contributed by atoms with Gasteiger partial charge in [0.25, 0.3) is 0 Å². The van der Waals surface area contributed by atoms with E-state index in [2.05, 4.69) is 43.1 Å². The monoisotopic (exact) mass is 533 g/mol. The Hall–Kier alpha value is -1.59. The molecule has 1 saturated heterocycles. The highest BCUT2D eigenvalue weighted by atomic mass is 35.5. The maximum absolute atomic E-state index is 6.41. The SMILES string of the molecule is CC(C)(C)C(C=Cc1ccc(Cl)cc1Cl)N=C1NC(=S)N(c2cccc(Cl)c2)C12CCCCC2. The number of hydrogen-bond acceptors (Lipinski definition) is 2. The lowest BCUT2D eigenvalue weighted by molar-refractivity contribution is 0.357. The summed E-state index contributed by atoms with van der Waals surface area (Å²) < 4.78 is 0. The fraction of sp³-hybridized carbons (Fsp3) is 0.407. The van der Waals surface area contributed by atoms with E-state index in [9.17, 15) is 0 Å². The van der Waals surface area contributed by atoms with Crippen LogP contribution in [0.5, 0.6) is 0 Å². The number of nitrogens with zero attached hydrogens (tertiary/aromatic N) is 2. The highest BCUT2D eigenvalue weighted by Crippen LogP contribution is 2.42. The van der Waals surface area contributed by atoms with E-state index in [-0.39, 0.29) is 17.0 Å². The normalized spacial score (nSPS) is 20.4. The summed E-state index contributed by atoms with van der Waals surface area (Å²) in [5, 5.41) is 6.12. The van der Waals surface area contributed by atoms with E-state index >= 15 is 0 Å². The Morgan fingerprint density at radius 2 is 1.74 bits per heavy atom. The van der Waals surface area contributed by atoms with Crippen molar-refractivity contribution in [3.63, 3.8) is 0 Å². The van der Waals surface area contributed by atoms with Crippen LogP contribution < -0.4 is 10.2 Å². The van der Waals surface area contributed by atoms with Gasteiger partial charge in [-0.05, 0) is 66.4 Å². The molecule has 2 aromatic rings. The van der Waals surface area contributed by atoms with E-state index in [1.54, 1.807) is 6.07 Å². The van der Waals surface area contributed by atoms with Crippen LogP contribution in [-0.2, 0) is 0 Å². The van der Waals surface area contributed by atoms with Crippen molar-refractivity contribution in [2.45, 2.75) is 64.5 Å². The van der Waals surface area contributed by atoms with Crippen LogP contribution in [0.4, 0.5) is 5.69 Å². The van der Waals surface area contributed by atoms with Crippen molar-refractivity contribution in [3.8, 4) is 0 Å². The van der Waals surface area contributed by atoms with Crippen molar-refractivity contribution >= 4 is 69.7 Å². The van der Waals surface area contributed by atoms with Crippen molar-refractivity contribution in [3.05, 3.63) is 69.2 Å². The van der Waals surface area contributed by atoms with Gasteiger partial charge in [-0.1, -0.05) is 99.1 Å². The van der Waals surface area contributed by atoms with Gasteiger partial charge < -0.3 is 10.2 Å². The first-order valence-electron chi connectivity index (χ1n) is 11.7. The van der Waals surface area contributed by atoms with Gasteiger partial charge in [0, 0.05) is 20.8 Å². The second-order valence-corrected chi connectivity index (χ2v) is 11.8. The Bertz CT molecular complexity index is 1130. The predicted octanol–water partition coefficient (Wildman–Crippen LogP) is 8.57. The second-order valence-electron chi connectivity index (χ2n) is 10.2. The quantitative estimate of drug-likeness (QED) is 0.398. The number of anilines is 1. The number of hydrogen-bond donors (Lipinski definition) is 1. The first-order valence-corrected chi connectivity index (χ1v) is 13.2. The third-order valence-corrected chi connectivity index (χ3v) is 7.70. The summed E-state index contributed by atoms with van der Waals surface area (Å²) in [7, 11) is 0. The van der Waals surface area contributed by atoms with E-state index in [0.29, 0.717) is 20.2 Å². The molecule has 1 heterocycles. The van der Waals surface area contributed by atoms with Gasteiger partial charge in [-0.3, -0.25) is 4.99 Å².